The zero-order valence-electron chi connectivity index (χ0n) is 17.0. The van der Waals surface area contributed by atoms with Gasteiger partial charge >= 0.3 is 6.09 Å². The molecular formula is C21H24ClFN4O3. The highest BCUT2D eigenvalue weighted by Crippen LogP contribution is 2.25. The van der Waals surface area contributed by atoms with Crippen molar-refractivity contribution in [3.63, 3.8) is 0 Å². The molecule has 2 heterocycles. The molecule has 1 aliphatic rings. The van der Waals surface area contributed by atoms with Crippen LogP contribution in [0.2, 0.25) is 5.02 Å². The second kappa shape index (κ2) is 8.87. The van der Waals surface area contributed by atoms with Gasteiger partial charge in [0.15, 0.2) is 0 Å². The van der Waals surface area contributed by atoms with E-state index in [4.69, 9.17) is 16.3 Å². The Morgan fingerprint density at radius 1 is 1.30 bits per heavy atom. The van der Waals surface area contributed by atoms with Gasteiger partial charge in [-0.3, -0.25) is 9.78 Å². The Morgan fingerprint density at radius 3 is 2.77 bits per heavy atom. The average molecular weight is 435 g/mol. The lowest BCUT2D eigenvalue weighted by atomic mass is 10.2. The third-order valence-corrected chi connectivity index (χ3v) is 4.75. The Labute approximate surface area is 179 Å². The number of hydrogen-bond acceptors (Lipinski definition) is 5. The zero-order valence-corrected chi connectivity index (χ0v) is 17.8. The van der Waals surface area contributed by atoms with E-state index in [1.165, 1.54) is 18.3 Å². The maximum Gasteiger partial charge on any atom is 0.407 e. The number of rotatable bonds is 4. The van der Waals surface area contributed by atoms with Gasteiger partial charge in [0.05, 0.1) is 22.3 Å². The quantitative estimate of drug-likeness (QED) is 0.747. The van der Waals surface area contributed by atoms with Gasteiger partial charge in [-0.05, 0) is 51.5 Å². The SMILES string of the molecule is CC(C)(C)OC(=O)N[C@@H]1CCN(C(=O)c2cnccc2Nc2ccc(Cl)c(F)c2)C1. The van der Waals surface area contributed by atoms with Crippen LogP contribution in [0.15, 0.2) is 36.7 Å². The molecule has 0 spiro atoms. The van der Waals surface area contributed by atoms with Crippen molar-refractivity contribution < 1.29 is 18.7 Å². The molecule has 2 aromatic rings. The van der Waals surface area contributed by atoms with Crippen molar-refractivity contribution in [2.75, 3.05) is 18.4 Å². The Balaban J connectivity index is 1.67. The molecule has 1 aromatic carbocycles. The number of hydrogen-bond donors (Lipinski definition) is 2. The van der Waals surface area contributed by atoms with Crippen LogP contribution in [0.25, 0.3) is 0 Å². The van der Waals surface area contributed by atoms with Crippen molar-refractivity contribution >= 4 is 35.0 Å². The molecule has 1 aromatic heterocycles. The Kier molecular flexibility index (Phi) is 6.45. The van der Waals surface area contributed by atoms with Crippen LogP contribution in [-0.2, 0) is 4.74 Å². The molecule has 30 heavy (non-hydrogen) atoms. The lowest BCUT2D eigenvalue weighted by Crippen LogP contribution is -2.41. The number of anilines is 2. The number of nitrogens with zero attached hydrogens (tertiary/aromatic N) is 2. The zero-order chi connectivity index (χ0) is 21.9. The van der Waals surface area contributed by atoms with Crippen molar-refractivity contribution in [3.8, 4) is 0 Å². The van der Waals surface area contributed by atoms with Crippen LogP contribution >= 0.6 is 11.6 Å². The number of pyridine rings is 1. The lowest BCUT2D eigenvalue weighted by molar-refractivity contribution is 0.0502. The smallest absolute Gasteiger partial charge is 0.407 e. The number of carbonyl (C=O) groups is 2. The number of benzene rings is 1. The molecule has 1 saturated heterocycles. The van der Waals surface area contributed by atoms with E-state index in [9.17, 15) is 14.0 Å². The third kappa shape index (κ3) is 5.60. The van der Waals surface area contributed by atoms with E-state index in [-0.39, 0.29) is 17.0 Å². The second-order valence-corrected chi connectivity index (χ2v) is 8.47. The molecule has 3 rings (SSSR count). The maximum absolute atomic E-state index is 13.7. The van der Waals surface area contributed by atoms with E-state index in [1.54, 1.807) is 44.0 Å². The summed E-state index contributed by atoms with van der Waals surface area (Å²) in [5, 5.41) is 5.86. The highest BCUT2D eigenvalue weighted by molar-refractivity contribution is 6.30. The van der Waals surface area contributed by atoms with E-state index in [0.717, 1.165) is 0 Å². The highest BCUT2D eigenvalue weighted by Gasteiger charge is 2.30. The predicted molar refractivity (Wildman–Crippen MR) is 113 cm³/mol. The van der Waals surface area contributed by atoms with Gasteiger partial charge in [-0.25, -0.2) is 9.18 Å². The number of halogens is 2. The summed E-state index contributed by atoms with van der Waals surface area (Å²) in [6, 6.07) is 5.77. The molecule has 1 atom stereocenters. The van der Waals surface area contributed by atoms with Crippen LogP contribution < -0.4 is 10.6 Å². The molecule has 0 bridgehead atoms. The molecule has 9 heteroatoms. The number of carbonyl (C=O) groups excluding carboxylic acids is 2. The lowest BCUT2D eigenvalue weighted by Gasteiger charge is -2.22. The van der Waals surface area contributed by atoms with Gasteiger partial charge in [0.1, 0.15) is 11.4 Å². The topological polar surface area (TPSA) is 83.6 Å². The third-order valence-electron chi connectivity index (χ3n) is 4.45. The molecule has 7 nitrogen and oxygen atoms in total. The van der Waals surface area contributed by atoms with Gasteiger partial charge in [0, 0.05) is 31.2 Å². The number of ether oxygens (including phenoxy) is 1. The van der Waals surface area contributed by atoms with Crippen LogP contribution in [0, 0.1) is 5.82 Å². The summed E-state index contributed by atoms with van der Waals surface area (Å²) in [5.74, 6) is -0.785. The molecule has 2 N–H and O–H groups in total. The van der Waals surface area contributed by atoms with E-state index in [2.05, 4.69) is 15.6 Å². The minimum absolute atomic E-state index is 0.0205. The molecular weight excluding hydrogens is 411 g/mol. The molecule has 0 unspecified atom stereocenters. The van der Waals surface area contributed by atoms with Gasteiger partial charge in [-0.2, -0.15) is 0 Å². The van der Waals surface area contributed by atoms with Crippen LogP contribution in [0.1, 0.15) is 37.6 Å². The first-order chi connectivity index (χ1) is 14.1. The first-order valence-corrected chi connectivity index (χ1v) is 9.95. The van der Waals surface area contributed by atoms with Crippen molar-refractivity contribution in [2.45, 2.75) is 38.8 Å². The minimum Gasteiger partial charge on any atom is -0.444 e. The fourth-order valence-electron chi connectivity index (χ4n) is 3.11. The highest BCUT2D eigenvalue weighted by atomic mass is 35.5. The van der Waals surface area contributed by atoms with Crippen molar-refractivity contribution in [2.24, 2.45) is 0 Å². The Bertz CT molecular complexity index is 948. The number of likely N-dealkylation sites (tertiary alicyclic amines) is 1. The van der Waals surface area contributed by atoms with E-state index in [0.29, 0.717) is 36.4 Å². The monoisotopic (exact) mass is 434 g/mol. The molecule has 0 saturated carbocycles. The summed E-state index contributed by atoms with van der Waals surface area (Å²) < 4.78 is 19.0. The van der Waals surface area contributed by atoms with Crippen molar-refractivity contribution in [1.82, 2.24) is 15.2 Å². The average Bonchev–Trinajstić information content (AvgIpc) is 3.11. The molecule has 160 valence electrons. The number of nitrogens with one attached hydrogen (secondary N) is 2. The predicted octanol–water partition coefficient (Wildman–Crippen LogP) is 4.36. The maximum atomic E-state index is 13.7. The fraction of sp³-hybridized carbons (Fsp3) is 0.381. The van der Waals surface area contributed by atoms with Crippen molar-refractivity contribution in [3.05, 3.63) is 53.1 Å². The molecule has 1 fully saturated rings. The second-order valence-electron chi connectivity index (χ2n) is 8.06. The van der Waals surface area contributed by atoms with Gasteiger partial charge in [-0.1, -0.05) is 11.6 Å². The van der Waals surface area contributed by atoms with Crippen LogP contribution in [0.4, 0.5) is 20.6 Å². The van der Waals surface area contributed by atoms with Crippen LogP contribution in [0.3, 0.4) is 0 Å². The van der Waals surface area contributed by atoms with E-state index >= 15 is 0 Å². The Hall–Kier alpha value is -2.87. The molecule has 2 amide bonds. The van der Waals surface area contributed by atoms with Gasteiger partial charge in [0.25, 0.3) is 5.91 Å². The largest absolute Gasteiger partial charge is 0.444 e. The first kappa shape index (κ1) is 21.8. The van der Waals surface area contributed by atoms with E-state index < -0.39 is 17.5 Å². The number of amides is 2. The summed E-state index contributed by atoms with van der Waals surface area (Å²) in [5.41, 5.74) is 0.726. The Morgan fingerprint density at radius 2 is 2.07 bits per heavy atom. The van der Waals surface area contributed by atoms with Crippen LogP contribution in [-0.4, -0.2) is 46.6 Å². The summed E-state index contributed by atoms with van der Waals surface area (Å²) in [4.78, 5) is 30.7. The minimum atomic E-state index is -0.588. The summed E-state index contributed by atoms with van der Waals surface area (Å²) in [6.07, 6.45) is 3.12. The number of alkyl carbamates (subject to hydrolysis) is 1. The molecule has 0 radical (unpaired) electrons. The summed E-state index contributed by atoms with van der Waals surface area (Å²) in [6.45, 7) is 6.23. The fourth-order valence-corrected chi connectivity index (χ4v) is 3.23. The molecule has 1 aliphatic heterocycles. The van der Waals surface area contributed by atoms with Gasteiger partial charge in [-0.15, -0.1) is 0 Å². The van der Waals surface area contributed by atoms with Crippen LogP contribution in [0.5, 0.6) is 0 Å². The first-order valence-electron chi connectivity index (χ1n) is 9.57. The van der Waals surface area contributed by atoms with Gasteiger partial charge in [0.2, 0.25) is 0 Å². The summed E-state index contributed by atoms with van der Waals surface area (Å²) in [7, 11) is 0. The standard InChI is InChI=1S/C21H24ClFN4O3/c1-21(2,3)30-20(29)26-14-7-9-27(12-14)19(28)15-11-24-8-6-18(15)25-13-4-5-16(22)17(23)10-13/h4-6,8,10-11,14H,7,9,12H2,1-3H3,(H,24,25)(H,26,29)/t14-/m1/s1. The van der Waals surface area contributed by atoms with Gasteiger partial charge < -0.3 is 20.3 Å². The molecule has 0 aliphatic carbocycles. The normalized spacial score (nSPS) is 16.3. The van der Waals surface area contributed by atoms with E-state index in [1.807, 2.05) is 0 Å². The summed E-state index contributed by atoms with van der Waals surface area (Å²) >= 11 is 5.72. The number of aromatic nitrogens is 1. The van der Waals surface area contributed by atoms with Crippen molar-refractivity contribution in [1.29, 1.82) is 0 Å².